The van der Waals surface area contributed by atoms with Crippen LogP contribution in [-0.2, 0) is 10.9 Å². The molecule has 21 heavy (non-hydrogen) atoms. The van der Waals surface area contributed by atoms with Crippen molar-refractivity contribution in [3.05, 3.63) is 23.8 Å². The molecular weight excluding hydrogens is 303 g/mol. The van der Waals surface area contributed by atoms with Crippen LogP contribution in [0.2, 0.25) is 0 Å². The van der Waals surface area contributed by atoms with Crippen LogP contribution in [0.4, 0.5) is 24.5 Å². The van der Waals surface area contributed by atoms with E-state index in [9.17, 15) is 13.2 Å². The first-order chi connectivity index (χ1) is 9.91. The lowest BCUT2D eigenvalue weighted by atomic mass is 10.1. The van der Waals surface area contributed by atoms with Crippen LogP contribution in [0.1, 0.15) is 5.56 Å². The van der Waals surface area contributed by atoms with Crippen molar-refractivity contribution in [2.45, 2.75) is 6.18 Å². The highest BCUT2D eigenvalue weighted by molar-refractivity contribution is 7.80. The van der Waals surface area contributed by atoms with Crippen molar-refractivity contribution in [2.24, 2.45) is 0 Å². The van der Waals surface area contributed by atoms with Gasteiger partial charge in [-0.25, -0.2) is 0 Å². The van der Waals surface area contributed by atoms with E-state index in [1.54, 1.807) is 7.05 Å². The third kappa shape index (κ3) is 3.98. The summed E-state index contributed by atoms with van der Waals surface area (Å²) in [4.78, 5) is 1.98. The number of nitrogens with zero attached hydrogens (tertiary/aromatic N) is 1. The van der Waals surface area contributed by atoms with Gasteiger partial charge in [0.15, 0.2) is 5.11 Å². The van der Waals surface area contributed by atoms with Gasteiger partial charge in [0.25, 0.3) is 0 Å². The number of hydrogen-bond donors (Lipinski definition) is 2. The van der Waals surface area contributed by atoms with Gasteiger partial charge in [-0.15, -0.1) is 0 Å². The first-order valence-corrected chi connectivity index (χ1v) is 6.85. The summed E-state index contributed by atoms with van der Waals surface area (Å²) in [6, 6.07) is 3.63. The summed E-state index contributed by atoms with van der Waals surface area (Å²) in [6.45, 7) is 2.37. The van der Waals surface area contributed by atoms with E-state index in [0.29, 0.717) is 37.7 Å². The molecule has 0 atom stereocenters. The van der Waals surface area contributed by atoms with Gasteiger partial charge in [-0.05, 0) is 30.4 Å². The number of nitrogens with one attached hydrogen (secondary N) is 2. The van der Waals surface area contributed by atoms with Gasteiger partial charge in [-0.2, -0.15) is 13.2 Å². The van der Waals surface area contributed by atoms with Crippen LogP contribution >= 0.6 is 12.2 Å². The minimum Gasteiger partial charge on any atom is -0.378 e. The second-order valence-electron chi connectivity index (χ2n) is 4.53. The third-order valence-electron chi connectivity index (χ3n) is 3.15. The number of thiocarbonyl (C=S) groups is 1. The van der Waals surface area contributed by atoms with Gasteiger partial charge in [-0.3, -0.25) is 0 Å². The van der Waals surface area contributed by atoms with Crippen molar-refractivity contribution in [3.63, 3.8) is 0 Å². The van der Waals surface area contributed by atoms with E-state index in [2.05, 4.69) is 10.6 Å². The number of alkyl halides is 3. The summed E-state index contributed by atoms with van der Waals surface area (Å²) in [5, 5.41) is 5.77. The highest BCUT2D eigenvalue weighted by Gasteiger charge is 2.31. The quantitative estimate of drug-likeness (QED) is 0.819. The van der Waals surface area contributed by atoms with Crippen molar-refractivity contribution in [1.29, 1.82) is 0 Å². The molecule has 4 nitrogen and oxygen atoms in total. The van der Waals surface area contributed by atoms with Gasteiger partial charge < -0.3 is 20.3 Å². The molecule has 116 valence electrons. The first-order valence-electron chi connectivity index (χ1n) is 6.44. The van der Waals surface area contributed by atoms with Crippen LogP contribution in [0.15, 0.2) is 18.2 Å². The molecule has 1 heterocycles. The molecule has 0 bridgehead atoms. The van der Waals surface area contributed by atoms with Crippen molar-refractivity contribution < 1.29 is 17.9 Å². The molecule has 0 radical (unpaired) electrons. The molecule has 1 aliphatic heterocycles. The predicted octanol–water partition coefficient (Wildman–Crippen LogP) is 2.46. The zero-order valence-electron chi connectivity index (χ0n) is 11.5. The van der Waals surface area contributed by atoms with Gasteiger partial charge in [0, 0.05) is 20.1 Å². The molecule has 2 rings (SSSR count). The van der Waals surface area contributed by atoms with Gasteiger partial charge >= 0.3 is 6.18 Å². The minimum absolute atomic E-state index is 0.267. The second kappa shape index (κ2) is 6.48. The zero-order valence-corrected chi connectivity index (χ0v) is 12.3. The van der Waals surface area contributed by atoms with E-state index in [1.807, 2.05) is 4.90 Å². The monoisotopic (exact) mass is 319 g/mol. The summed E-state index contributed by atoms with van der Waals surface area (Å²) in [6.07, 6.45) is -4.39. The Hall–Kier alpha value is -1.54. The maximum absolute atomic E-state index is 12.9. The largest absolute Gasteiger partial charge is 0.416 e. The van der Waals surface area contributed by atoms with Crippen LogP contribution in [0.3, 0.4) is 0 Å². The Morgan fingerprint density at radius 2 is 1.95 bits per heavy atom. The lowest BCUT2D eigenvalue weighted by Gasteiger charge is -2.31. The summed E-state index contributed by atoms with van der Waals surface area (Å²) >= 11 is 4.99. The van der Waals surface area contributed by atoms with Crippen LogP contribution in [0, 0.1) is 0 Å². The van der Waals surface area contributed by atoms with E-state index in [4.69, 9.17) is 17.0 Å². The standard InChI is InChI=1S/C13H16F3N3OS/c1-17-12(21)18-10-8-9(13(14,15)16)2-3-11(10)19-4-6-20-7-5-19/h2-3,8H,4-7H2,1H3,(H2,17,18,21). The molecule has 1 fully saturated rings. The van der Waals surface area contributed by atoms with Crippen LogP contribution in [0.25, 0.3) is 0 Å². The minimum atomic E-state index is -4.39. The average molecular weight is 319 g/mol. The third-order valence-corrected chi connectivity index (χ3v) is 3.46. The highest BCUT2D eigenvalue weighted by Crippen LogP contribution is 2.35. The van der Waals surface area contributed by atoms with Crippen molar-refractivity contribution in [1.82, 2.24) is 5.32 Å². The zero-order chi connectivity index (χ0) is 15.5. The molecule has 0 aliphatic carbocycles. The van der Waals surface area contributed by atoms with E-state index in [0.717, 1.165) is 12.1 Å². The van der Waals surface area contributed by atoms with Gasteiger partial charge in [-0.1, -0.05) is 0 Å². The van der Waals surface area contributed by atoms with Crippen molar-refractivity contribution >= 4 is 28.7 Å². The molecule has 1 aromatic rings. The smallest absolute Gasteiger partial charge is 0.378 e. The molecule has 0 amide bonds. The van der Waals surface area contributed by atoms with Crippen LogP contribution in [-0.4, -0.2) is 38.5 Å². The summed E-state index contributed by atoms with van der Waals surface area (Å²) in [5.74, 6) is 0. The SMILES string of the molecule is CNC(=S)Nc1cc(C(F)(F)F)ccc1N1CCOCC1. The Kier molecular flexibility index (Phi) is 4.89. The van der Waals surface area contributed by atoms with E-state index >= 15 is 0 Å². The summed E-state index contributed by atoms with van der Waals surface area (Å²) in [7, 11) is 1.61. The number of halogens is 3. The molecule has 0 spiro atoms. The van der Waals surface area contributed by atoms with Crippen LogP contribution < -0.4 is 15.5 Å². The molecule has 0 aromatic heterocycles. The lowest BCUT2D eigenvalue weighted by Crippen LogP contribution is -2.37. The highest BCUT2D eigenvalue weighted by atomic mass is 32.1. The summed E-state index contributed by atoms with van der Waals surface area (Å²) < 4.78 is 43.8. The molecule has 0 saturated carbocycles. The Morgan fingerprint density at radius 1 is 1.29 bits per heavy atom. The van der Waals surface area contributed by atoms with Crippen molar-refractivity contribution in [2.75, 3.05) is 43.6 Å². The van der Waals surface area contributed by atoms with E-state index in [-0.39, 0.29) is 5.11 Å². The first kappa shape index (κ1) is 15.8. The fraction of sp³-hybridized carbons (Fsp3) is 0.462. The van der Waals surface area contributed by atoms with Gasteiger partial charge in [0.1, 0.15) is 0 Å². The predicted molar refractivity (Wildman–Crippen MR) is 79.8 cm³/mol. The number of morpholine rings is 1. The Bertz CT molecular complexity index is 516. The Morgan fingerprint density at radius 3 is 2.52 bits per heavy atom. The summed E-state index contributed by atoms with van der Waals surface area (Å²) in [5.41, 5.74) is 0.316. The van der Waals surface area contributed by atoms with Crippen molar-refractivity contribution in [3.8, 4) is 0 Å². The number of anilines is 2. The maximum atomic E-state index is 12.9. The van der Waals surface area contributed by atoms with E-state index < -0.39 is 11.7 Å². The van der Waals surface area contributed by atoms with Gasteiger partial charge in [0.05, 0.1) is 30.2 Å². The molecule has 1 aliphatic rings. The molecule has 0 unspecified atom stereocenters. The fourth-order valence-corrected chi connectivity index (χ4v) is 2.19. The lowest BCUT2D eigenvalue weighted by molar-refractivity contribution is -0.137. The second-order valence-corrected chi connectivity index (χ2v) is 4.94. The topological polar surface area (TPSA) is 36.5 Å². The molecule has 1 aromatic carbocycles. The van der Waals surface area contributed by atoms with Gasteiger partial charge in [0.2, 0.25) is 0 Å². The molecule has 1 saturated heterocycles. The number of benzene rings is 1. The maximum Gasteiger partial charge on any atom is 0.416 e. The number of rotatable bonds is 2. The Labute approximate surface area is 126 Å². The fourth-order valence-electron chi connectivity index (χ4n) is 2.08. The molecule has 2 N–H and O–H groups in total. The molecular formula is C13H16F3N3OS. The average Bonchev–Trinajstić information content (AvgIpc) is 2.47. The number of ether oxygens (including phenoxy) is 1. The number of hydrogen-bond acceptors (Lipinski definition) is 3. The van der Waals surface area contributed by atoms with Crippen LogP contribution in [0.5, 0.6) is 0 Å². The molecule has 8 heteroatoms. The Balaban J connectivity index is 2.35. The van der Waals surface area contributed by atoms with E-state index in [1.165, 1.54) is 6.07 Å². The normalized spacial score (nSPS) is 15.7.